The van der Waals surface area contributed by atoms with E-state index in [0.717, 1.165) is 31.9 Å². The third-order valence-corrected chi connectivity index (χ3v) is 6.57. The van der Waals surface area contributed by atoms with Crippen LogP contribution in [0.3, 0.4) is 0 Å². The Morgan fingerprint density at radius 3 is 2.70 bits per heavy atom. The van der Waals surface area contributed by atoms with E-state index in [4.69, 9.17) is 4.98 Å². The lowest BCUT2D eigenvalue weighted by Crippen LogP contribution is -2.25. The number of nitrogens with one attached hydrogen (secondary N) is 1. The number of aryl methyl sites for hydroxylation is 3. The van der Waals surface area contributed by atoms with Crippen molar-refractivity contribution in [1.29, 1.82) is 0 Å². The van der Waals surface area contributed by atoms with Crippen molar-refractivity contribution >= 4 is 44.3 Å². The second-order valence-corrected chi connectivity index (χ2v) is 9.11. The molecular formula is C22H22N8O2S. The van der Waals surface area contributed by atoms with Crippen molar-refractivity contribution in [2.24, 2.45) is 14.1 Å². The molecule has 1 amide bonds. The van der Waals surface area contributed by atoms with Gasteiger partial charge in [0.25, 0.3) is 5.56 Å². The van der Waals surface area contributed by atoms with Crippen molar-refractivity contribution < 1.29 is 4.79 Å². The second kappa shape index (κ2) is 7.93. The molecule has 0 unspecified atom stereocenters. The SMILES string of the molecule is CC(=O)Nc1ccc(C)c(Cn2ncc3c4sc(Cc5cnn(C)c5)nc4n(C)c3c2=O)n1. The van der Waals surface area contributed by atoms with Crippen LogP contribution < -0.4 is 10.9 Å². The van der Waals surface area contributed by atoms with E-state index < -0.39 is 0 Å². The van der Waals surface area contributed by atoms with Crippen molar-refractivity contribution in [2.75, 3.05) is 5.32 Å². The fourth-order valence-electron chi connectivity index (χ4n) is 3.88. The molecule has 0 atom stereocenters. The molecule has 5 aromatic rings. The minimum Gasteiger partial charge on any atom is -0.323 e. The van der Waals surface area contributed by atoms with Crippen LogP contribution in [0.15, 0.2) is 35.5 Å². The quantitative estimate of drug-likeness (QED) is 0.429. The summed E-state index contributed by atoms with van der Waals surface area (Å²) in [5.74, 6) is 0.246. The molecule has 0 bridgehead atoms. The molecule has 0 saturated heterocycles. The van der Waals surface area contributed by atoms with Gasteiger partial charge in [-0.05, 0) is 24.1 Å². The Morgan fingerprint density at radius 2 is 1.97 bits per heavy atom. The van der Waals surface area contributed by atoms with Gasteiger partial charge in [0.15, 0.2) is 5.65 Å². The van der Waals surface area contributed by atoms with Gasteiger partial charge in [0.05, 0.1) is 29.3 Å². The largest absolute Gasteiger partial charge is 0.323 e. The van der Waals surface area contributed by atoms with Gasteiger partial charge in [-0.15, -0.1) is 11.3 Å². The van der Waals surface area contributed by atoms with E-state index in [1.807, 2.05) is 44.0 Å². The number of rotatable bonds is 5. The van der Waals surface area contributed by atoms with Crippen molar-refractivity contribution in [3.8, 4) is 0 Å². The Kier molecular flexibility index (Phi) is 5.05. The Labute approximate surface area is 192 Å². The predicted octanol–water partition coefficient (Wildman–Crippen LogP) is 2.38. The van der Waals surface area contributed by atoms with Gasteiger partial charge in [0.1, 0.15) is 16.3 Å². The van der Waals surface area contributed by atoms with Gasteiger partial charge in [-0.2, -0.15) is 10.2 Å². The van der Waals surface area contributed by atoms with Crippen LogP contribution in [0.1, 0.15) is 28.8 Å². The summed E-state index contributed by atoms with van der Waals surface area (Å²) in [6, 6.07) is 3.60. The number of amides is 1. The fourth-order valence-corrected chi connectivity index (χ4v) is 5.02. The van der Waals surface area contributed by atoms with E-state index in [9.17, 15) is 9.59 Å². The van der Waals surface area contributed by atoms with E-state index >= 15 is 0 Å². The number of nitrogens with zero attached hydrogens (tertiary/aromatic N) is 7. The van der Waals surface area contributed by atoms with E-state index in [0.29, 0.717) is 23.4 Å². The molecule has 0 saturated carbocycles. The molecule has 0 aliphatic heterocycles. The number of anilines is 1. The number of carbonyl (C=O) groups excluding carboxylic acids is 1. The van der Waals surface area contributed by atoms with Crippen molar-refractivity contribution in [3.63, 3.8) is 0 Å². The van der Waals surface area contributed by atoms with E-state index in [2.05, 4.69) is 20.5 Å². The van der Waals surface area contributed by atoms with Crippen molar-refractivity contribution in [1.82, 2.24) is 34.1 Å². The first-order valence-electron chi connectivity index (χ1n) is 10.4. The van der Waals surface area contributed by atoms with Crippen LogP contribution in [0.2, 0.25) is 0 Å². The topological polar surface area (TPSA) is 113 Å². The summed E-state index contributed by atoms with van der Waals surface area (Å²) in [4.78, 5) is 33.9. The van der Waals surface area contributed by atoms with Crippen LogP contribution >= 0.6 is 11.3 Å². The standard InChI is InChI=1S/C22H22N8O2S/c1-12-5-6-17(25-13(2)31)26-16(12)11-30-22(32)19-15(9-24-30)20-21(29(19)4)27-18(33-20)7-14-8-23-28(3)10-14/h5-6,8-10H,7,11H2,1-4H3,(H,25,26,31). The van der Waals surface area contributed by atoms with Gasteiger partial charge >= 0.3 is 0 Å². The Hall–Kier alpha value is -3.86. The zero-order chi connectivity index (χ0) is 23.3. The molecule has 5 aromatic heterocycles. The summed E-state index contributed by atoms with van der Waals surface area (Å²) in [7, 11) is 3.74. The minimum atomic E-state index is -0.208. The maximum Gasteiger partial charge on any atom is 0.291 e. The van der Waals surface area contributed by atoms with Gasteiger partial charge < -0.3 is 9.88 Å². The Bertz CT molecular complexity index is 1590. The first-order chi connectivity index (χ1) is 15.8. The number of fused-ring (bicyclic) bond motifs is 3. The first-order valence-corrected chi connectivity index (χ1v) is 11.2. The van der Waals surface area contributed by atoms with Gasteiger partial charge in [0, 0.05) is 39.0 Å². The predicted molar refractivity (Wildman–Crippen MR) is 127 cm³/mol. The molecule has 5 heterocycles. The average Bonchev–Trinajstić information content (AvgIpc) is 3.43. The Balaban J connectivity index is 1.52. The molecule has 0 fully saturated rings. The molecule has 1 N–H and O–H groups in total. The highest BCUT2D eigenvalue weighted by Gasteiger charge is 2.19. The molecule has 0 aliphatic rings. The average molecular weight is 463 g/mol. The van der Waals surface area contributed by atoms with Crippen LogP contribution in [-0.2, 0) is 31.9 Å². The van der Waals surface area contributed by atoms with Crippen LogP contribution in [0.25, 0.3) is 21.3 Å². The van der Waals surface area contributed by atoms with Crippen LogP contribution in [0.4, 0.5) is 5.82 Å². The zero-order valence-electron chi connectivity index (χ0n) is 18.7. The monoisotopic (exact) mass is 462 g/mol. The van der Waals surface area contributed by atoms with E-state index in [1.165, 1.54) is 11.6 Å². The summed E-state index contributed by atoms with van der Waals surface area (Å²) < 4.78 is 5.95. The maximum absolute atomic E-state index is 13.3. The highest BCUT2D eigenvalue weighted by Crippen LogP contribution is 2.31. The molecule has 0 spiro atoms. The van der Waals surface area contributed by atoms with E-state index in [-0.39, 0.29) is 18.0 Å². The fraction of sp³-hybridized carbons (Fsp3) is 0.273. The normalized spacial score (nSPS) is 11.5. The van der Waals surface area contributed by atoms with Crippen molar-refractivity contribution in [3.05, 3.63) is 62.9 Å². The summed E-state index contributed by atoms with van der Waals surface area (Å²) in [6.07, 6.45) is 6.22. The number of hydrogen-bond donors (Lipinski definition) is 1. The number of pyridine rings is 1. The molecule has 0 radical (unpaired) electrons. The molecule has 0 aromatic carbocycles. The second-order valence-electron chi connectivity index (χ2n) is 8.03. The highest BCUT2D eigenvalue weighted by molar-refractivity contribution is 7.19. The lowest BCUT2D eigenvalue weighted by Gasteiger charge is -2.10. The van der Waals surface area contributed by atoms with Gasteiger partial charge in [-0.3, -0.25) is 14.3 Å². The lowest BCUT2D eigenvalue weighted by atomic mass is 10.2. The molecule has 0 aliphatic carbocycles. The van der Waals surface area contributed by atoms with Gasteiger partial charge in [-0.25, -0.2) is 14.6 Å². The van der Waals surface area contributed by atoms with Crippen LogP contribution in [0, 0.1) is 6.92 Å². The van der Waals surface area contributed by atoms with Crippen LogP contribution in [-0.4, -0.2) is 40.0 Å². The summed E-state index contributed by atoms with van der Waals surface area (Å²) in [5, 5.41) is 13.1. The Morgan fingerprint density at radius 1 is 1.15 bits per heavy atom. The minimum absolute atomic E-state index is 0.201. The third-order valence-electron chi connectivity index (χ3n) is 5.49. The van der Waals surface area contributed by atoms with Crippen molar-refractivity contribution in [2.45, 2.75) is 26.8 Å². The molecule has 168 valence electrons. The first kappa shape index (κ1) is 21.0. The summed E-state index contributed by atoms with van der Waals surface area (Å²) in [5.41, 5.74) is 3.79. The van der Waals surface area contributed by atoms with E-state index in [1.54, 1.807) is 28.3 Å². The number of carbonyl (C=O) groups is 1. The van der Waals surface area contributed by atoms with Gasteiger partial charge in [0.2, 0.25) is 5.91 Å². The molecule has 10 nitrogen and oxygen atoms in total. The maximum atomic E-state index is 13.3. The highest BCUT2D eigenvalue weighted by atomic mass is 32.1. The number of thiazole rings is 1. The van der Waals surface area contributed by atoms with Crippen LogP contribution in [0.5, 0.6) is 0 Å². The summed E-state index contributed by atoms with van der Waals surface area (Å²) in [6.45, 7) is 3.54. The summed E-state index contributed by atoms with van der Waals surface area (Å²) >= 11 is 1.57. The number of aromatic nitrogens is 7. The lowest BCUT2D eigenvalue weighted by molar-refractivity contribution is -0.114. The smallest absolute Gasteiger partial charge is 0.291 e. The number of hydrogen-bond acceptors (Lipinski definition) is 7. The molecule has 11 heteroatoms. The third kappa shape index (κ3) is 3.80. The molecule has 33 heavy (non-hydrogen) atoms. The van der Waals surface area contributed by atoms with Gasteiger partial charge in [-0.1, -0.05) is 6.07 Å². The molecule has 5 rings (SSSR count). The zero-order valence-corrected chi connectivity index (χ0v) is 19.5. The molecular weight excluding hydrogens is 440 g/mol.